The Hall–Kier alpha value is -4.16. The summed E-state index contributed by atoms with van der Waals surface area (Å²) >= 11 is 6.36. The highest BCUT2D eigenvalue weighted by atomic mass is 35.5. The number of rotatable bonds is 4. The van der Waals surface area contributed by atoms with E-state index in [2.05, 4.69) is 32.4 Å². The first-order chi connectivity index (χ1) is 18.2. The average Bonchev–Trinajstić information content (AvgIpc) is 3.40. The summed E-state index contributed by atoms with van der Waals surface area (Å²) in [5, 5.41) is 16.4. The number of carbonyl (C=O) groups is 2. The Bertz CT molecular complexity index is 1490. The maximum atomic E-state index is 13.0. The van der Waals surface area contributed by atoms with Crippen molar-refractivity contribution in [3.8, 4) is 28.8 Å². The van der Waals surface area contributed by atoms with E-state index in [1.165, 1.54) is 12.0 Å². The highest BCUT2D eigenvalue weighted by molar-refractivity contribution is 6.32. The number of nitrogens with one attached hydrogen (secondary N) is 3. The lowest BCUT2D eigenvalue weighted by Gasteiger charge is -2.17. The molecule has 1 fully saturated rings. The normalized spacial score (nSPS) is 17.7. The molecule has 0 radical (unpaired) electrons. The topological polar surface area (TPSA) is 120 Å². The second kappa shape index (κ2) is 9.95. The van der Waals surface area contributed by atoms with Crippen LogP contribution in [0.2, 0.25) is 5.02 Å². The molecule has 9 nitrogen and oxygen atoms in total. The third-order valence-corrected chi connectivity index (χ3v) is 7.12. The van der Waals surface area contributed by atoms with E-state index in [4.69, 9.17) is 16.3 Å². The van der Waals surface area contributed by atoms with Crippen molar-refractivity contribution in [1.82, 2.24) is 20.2 Å². The van der Waals surface area contributed by atoms with Gasteiger partial charge in [-0.3, -0.25) is 14.7 Å². The molecule has 10 heteroatoms. The molecule has 2 amide bonds. The average molecular weight is 534 g/mol. The van der Waals surface area contributed by atoms with Crippen molar-refractivity contribution in [3.05, 3.63) is 58.5 Å². The molecule has 1 saturated heterocycles. The number of anilines is 2. The number of carboxylic acid groups (broad SMARTS) is 1. The molecule has 0 bridgehead atoms. The Morgan fingerprint density at radius 2 is 2.16 bits per heavy atom. The molecule has 196 valence electrons. The number of aromatic nitrogens is 2. The maximum absolute atomic E-state index is 13.0. The quantitative estimate of drug-likeness (QED) is 0.354. The minimum absolute atomic E-state index is 0.158. The van der Waals surface area contributed by atoms with E-state index in [9.17, 15) is 14.7 Å². The summed E-state index contributed by atoms with van der Waals surface area (Å²) in [6.07, 6.45) is 3.61. The van der Waals surface area contributed by atoms with Crippen LogP contribution in [0.4, 0.5) is 16.2 Å². The van der Waals surface area contributed by atoms with E-state index >= 15 is 0 Å². The van der Waals surface area contributed by atoms with Gasteiger partial charge in [-0.15, -0.1) is 0 Å². The van der Waals surface area contributed by atoms with Crippen molar-refractivity contribution in [2.75, 3.05) is 25.5 Å². The summed E-state index contributed by atoms with van der Waals surface area (Å²) in [4.78, 5) is 33.9. The van der Waals surface area contributed by atoms with Crippen LogP contribution in [0.25, 0.3) is 11.3 Å². The van der Waals surface area contributed by atoms with Gasteiger partial charge in [0.05, 0.1) is 46.4 Å². The largest absolute Gasteiger partial charge is 0.493 e. The molecule has 1 atom stereocenters. The highest BCUT2D eigenvalue weighted by Crippen LogP contribution is 2.41. The Morgan fingerprint density at radius 1 is 1.34 bits per heavy atom. The van der Waals surface area contributed by atoms with Gasteiger partial charge in [-0.05, 0) is 30.0 Å². The van der Waals surface area contributed by atoms with Crippen molar-refractivity contribution in [2.24, 2.45) is 5.41 Å². The Labute approximate surface area is 225 Å². The molecule has 3 aromatic rings. The van der Waals surface area contributed by atoms with Crippen LogP contribution in [-0.4, -0.2) is 58.2 Å². The Morgan fingerprint density at radius 3 is 2.92 bits per heavy atom. The van der Waals surface area contributed by atoms with Gasteiger partial charge in [0.25, 0.3) is 5.91 Å². The van der Waals surface area contributed by atoms with Crippen LogP contribution in [-0.2, 0) is 6.42 Å². The standard InChI is InChI=1S/C28H28ClN5O4/c1-28(2)13-17(34(15-28)27(36)37)8-7-16-14-30-11-9-18(16)23-24(22-20(32-23)10-12-31-26(22)35)33-21-6-4-5-19(29)25(21)38-3/h4-6,9,11,14,17,32-33H,10,12-13,15H2,1-3H3,(H,31,35)(H,36,37)/t17-/m0/s1. The number of halogens is 1. The number of para-hydroxylation sites is 1. The number of hydrogen-bond donors (Lipinski definition) is 4. The Kier molecular flexibility index (Phi) is 6.67. The molecule has 2 aliphatic rings. The first kappa shape index (κ1) is 25.5. The number of amides is 2. The van der Waals surface area contributed by atoms with E-state index in [0.717, 1.165) is 11.3 Å². The van der Waals surface area contributed by atoms with Crippen molar-refractivity contribution in [1.29, 1.82) is 0 Å². The van der Waals surface area contributed by atoms with Crippen molar-refractivity contribution in [3.63, 3.8) is 0 Å². The summed E-state index contributed by atoms with van der Waals surface area (Å²) in [6.45, 7) is 5.03. The first-order valence-corrected chi connectivity index (χ1v) is 12.6. The molecule has 1 aromatic carbocycles. The van der Waals surface area contributed by atoms with Gasteiger partial charge >= 0.3 is 6.09 Å². The third-order valence-electron chi connectivity index (χ3n) is 6.83. The third kappa shape index (κ3) is 4.75. The van der Waals surface area contributed by atoms with Crippen LogP contribution in [0.5, 0.6) is 5.75 Å². The highest BCUT2D eigenvalue weighted by Gasteiger charge is 2.39. The number of carbonyl (C=O) groups excluding carboxylic acids is 1. The van der Waals surface area contributed by atoms with Gasteiger partial charge in [-0.2, -0.15) is 0 Å². The van der Waals surface area contributed by atoms with Crippen molar-refractivity contribution in [2.45, 2.75) is 32.7 Å². The molecule has 0 spiro atoms. The number of likely N-dealkylation sites (tertiary alicyclic amines) is 1. The molecule has 2 aliphatic heterocycles. The van der Waals surface area contributed by atoms with Crippen LogP contribution < -0.4 is 15.4 Å². The summed E-state index contributed by atoms with van der Waals surface area (Å²) in [7, 11) is 1.54. The van der Waals surface area contributed by atoms with Crippen LogP contribution in [0.3, 0.4) is 0 Å². The van der Waals surface area contributed by atoms with Gasteiger partial charge < -0.3 is 25.5 Å². The molecule has 0 aliphatic carbocycles. The molecule has 4 heterocycles. The van der Waals surface area contributed by atoms with Crippen LogP contribution in [0, 0.1) is 17.3 Å². The number of benzene rings is 1. The van der Waals surface area contributed by atoms with E-state index < -0.39 is 12.1 Å². The number of aromatic amines is 1. The molecule has 2 aromatic heterocycles. The van der Waals surface area contributed by atoms with Gasteiger partial charge in [0.1, 0.15) is 0 Å². The fraction of sp³-hybridized carbons (Fsp3) is 0.321. The number of hydrogen-bond acceptors (Lipinski definition) is 5. The summed E-state index contributed by atoms with van der Waals surface area (Å²) in [5.41, 5.74) is 4.35. The maximum Gasteiger partial charge on any atom is 0.408 e. The summed E-state index contributed by atoms with van der Waals surface area (Å²) in [5.74, 6) is 6.61. The Balaban J connectivity index is 1.61. The number of methoxy groups -OCH3 is 1. The number of pyridine rings is 1. The van der Waals surface area contributed by atoms with Crippen LogP contribution >= 0.6 is 11.6 Å². The smallest absolute Gasteiger partial charge is 0.408 e. The lowest BCUT2D eigenvalue weighted by molar-refractivity contribution is 0.0946. The van der Waals surface area contributed by atoms with Crippen LogP contribution in [0.1, 0.15) is 41.9 Å². The van der Waals surface area contributed by atoms with Gasteiger partial charge in [-0.1, -0.05) is 43.4 Å². The fourth-order valence-corrected chi connectivity index (χ4v) is 5.38. The van der Waals surface area contributed by atoms with E-state index in [1.54, 1.807) is 24.5 Å². The number of fused-ring (bicyclic) bond motifs is 1. The molecule has 38 heavy (non-hydrogen) atoms. The van der Waals surface area contributed by atoms with E-state index in [1.807, 2.05) is 26.0 Å². The van der Waals surface area contributed by atoms with Crippen molar-refractivity contribution < 1.29 is 19.4 Å². The molecule has 0 saturated carbocycles. The van der Waals surface area contributed by atoms with E-state index in [-0.39, 0.29) is 11.3 Å². The zero-order valence-corrected chi connectivity index (χ0v) is 22.1. The second-order valence-corrected chi connectivity index (χ2v) is 10.6. The predicted molar refractivity (Wildman–Crippen MR) is 145 cm³/mol. The van der Waals surface area contributed by atoms with Gasteiger partial charge in [0.2, 0.25) is 0 Å². The lowest BCUT2D eigenvalue weighted by Crippen LogP contribution is -2.34. The monoisotopic (exact) mass is 533 g/mol. The van der Waals surface area contributed by atoms with E-state index in [0.29, 0.717) is 64.9 Å². The van der Waals surface area contributed by atoms with Gasteiger partial charge in [-0.25, -0.2) is 4.79 Å². The summed E-state index contributed by atoms with van der Waals surface area (Å²) in [6, 6.07) is 6.75. The first-order valence-electron chi connectivity index (χ1n) is 12.3. The fourth-order valence-electron chi connectivity index (χ4n) is 5.13. The molecular formula is C28H28ClN5O4. The van der Waals surface area contributed by atoms with Gasteiger partial charge in [0.15, 0.2) is 5.75 Å². The number of H-pyrrole nitrogens is 1. The molecule has 5 rings (SSSR count). The number of ether oxygens (including phenoxy) is 1. The van der Waals surface area contributed by atoms with Crippen LogP contribution in [0.15, 0.2) is 36.7 Å². The number of nitrogens with zero attached hydrogens (tertiary/aromatic N) is 2. The molecular weight excluding hydrogens is 506 g/mol. The van der Waals surface area contributed by atoms with Crippen molar-refractivity contribution >= 4 is 35.0 Å². The predicted octanol–water partition coefficient (Wildman–Crippen LogP) is 4.90. The summed E-state index contributed by atoms with van der Waals surface area (Å²) < 4.78 is 5.52. The molecule has 4 N–H and O–H groups in total. The molecule has 0 unspecified atom stereocenters. The SMILES string of the molecule is COc1c(Cl)cccc1Nc1c(-c2ccncc2C#C[C@H]2CC(C)(C)CN2C(=O)O)[nH]c2c1C(=O)NCC2. The minimum atomic E-state index is -0.980. The minimum Gasteiger partial charge on any atom is -0.493 e. The second-order valence-electron chi connectivity index (χ2n) is 10.2. The zero-order chi connectivity index (χ0) is 27.0. The lowest BCUT2D eigenvalue weighted by atomic mass is 9.91. The zero-order valence-electron chi connectivity index (χ0n) is 21.3. The van der Waals surface area contributed by atoms with Gasteiger partial charge in [0, 0.05) is 43.2 Å².